The molecule has 126 valence electrons. The summed E-state index contributed by atoms with van der Waals surface area (Å²) >= 11 is 0. The molecule has 2 heterocycles. The number of anilines is 3. The van der Waals surface area contributed by atoms with Crippen LogP contribution in [0.3, 0.4) is 0 Å². The van der Waals surface area contributed by atoms with Crippen LogP contribution in [0.25, 0.3) is 0 Å². The van der Waals surface area contributed by atoms with Crippen molar-refractivity contribution in [1.29, 1.82) is 0 Å². The van der Waals surface area contributed by atoms with Crippen molar-refractivity contribution in [2.45, 2.75) is 25.7 Å². The van der Waals surface area contributed by atoms with Gasteiger partial charge in [0.1, 0.15) is 0 Å². The number of nitrogens with zero attached hydrogens (tertiary/aromatic N) is 4. The molecule has 3 rings (SSSR count). The Balaban J connectivity index is 1.76. The molecule has 1 fully saturated rings. The van der Waals surface area contributed by atoms with Gasteiger partial charge >= 0.3 is 5.97 Å². The van der Waals surface area contributed by atoms with Crippen molar-refractivity contribution in [1.82, 2.24) is 15.2 Å². The first kappa shape index (κ1) is 16.2. The van der Waals surface area contributed by atoms with E-state index in [1.165, 1.54) is 32.8 Å². The lowest BCUT2D eigenvalue weighted by Gasteiger charge is -2.20. The number of ether oxygens (including phenoxy) is 1. The Kier molecular flexibility index (Phi) is 5.20. The molecule has 1 aromatic carbocycles. The topological polar surface area (TPSA) is 80.2 Å². The van der Waals surface area contributed by atoms with Crippen molar-refractivity contribution in [2.75, 3.05) is 30.4 Å². The molecule has 1 aliphatic heterocycles. The average Bonchev–Trinajstić information content (AvgIpc) is 2.91. The van der Waals surface area contributed by atoms with Crippen molar-refractivity contribution in [3.63, 3.8) is 0 Å². The minimum absolute atomic E-state index is 0.379. The molecule has 0 unspecified atom stereocenters. The molecule has 24 heavy (non-hydrogen) atoms. The molecule has 7 heteroatoms. The van der Waals surface area contributed by atoms with Crippen LogP contribution < -0.4 is 10.2 Å². The maximum Gasteiger partial charge on any atom is 0.337 e. The molecule has 0 bridgehead atoms. The van der Waals surface area contributed by atoms with Crippen molar-refractivity contribution in [3.8, 4) is 0 Å². The summed E-state index contributed by atoms with van der Waals surface area (Å²) in [6.07, 6.45) is 6.57. The fourth-order valence-electron chi connectivity index (χ4n) is 2.77. The number of carbonyl (C=O) groups is 1. The largest absolute Gasteiger partial charge is 0.465 e. The maximum absolute atomic E-state index is 11.6. The van der Waals surface area contributed by atoms with Crippen LogP contribution >= 0.6 is 0 Å². The predicted molar refractivity (Wildman–Crippen MR) is 91.6 cm³/mol. The van der Waals surface area contributed by atoms with E-state index in [1.807, 2.05) is 6.07 Å². The Labute approximate surface area is 141 Å². The zero-order chi connectivity index (χ0) is 16.8. The lowest BCUT2D eigenvalue weighted by atomic mass is 10.2. The molecule has 0 amide bonds. The molecule has 1 saturated heterocycles. The number of methoxy groups -OCH3 is 1. The van der Waals surface area contributed by atoms with Crippen molar-refractivity contribution in [3.05, 3.63) is 36.0 Å². The van der Waals surface area contributed by atoms with Crippen LogP contribution in [0.15, 0.2) is 30.5 Å². The Morgan fingerprint density at radius 2 is 2.00 bits per heavy atom. The van der Waals surface area contributed by atoms with Crippen LogP contribution in [0.1, 0.15) is 36.0 Å². The molecule has 1 aromatic heterocycles. The van der Waals surface area contributed by atoms with E-state index in [0.29, 0.717) is 17.2 Å². The summed E-state index contributed by atoms with van der Waals surface area (Å²) in [5, 5.41) is 11.2. The number of benzene rings is 1. The molecule has 0 radical (unpaired) electrons. The first-order valence-electron chi connectivity index (χ1n) is 8.16. The molecular weight excluding hydrogens is 306 g/mol. The Hall–Kier alpha value is -2.70. The van der Waals surface area contributed by atoms with Crippen LogP contribution in [0.5, 0.6) is 0 Å². The fraction of sp³-hybridized carbons (Fsp3) is 0.412. The lowest BCUT2D eigenvalue weighted by Crippen LogP contribution is -2.25. The highest BCUT2D eigenvalue weighted by Gasteiger charge is 2.13. The average molecular weight is 327 g/mol. The minimum Gasteiger partial charge on any atom is -0.465 e. The number of carbonyl (C=O) groups excluding carboxylic acids is 1. The van der Waals surface area contributed by atoms with Gasteiger partial charge in [0.15, 0.2) is 5.82 Å². The molecular formula is C17H21N5O2. The first-order chi connectivity index (χ1) is 11.8. The zero-order valence-corrected chi connectivity index (χ0v) is 13.7. The number of esters is 1. The van der Waals surface area contributed by atoms with Gasteiger partial charge in [-0.3, -0.25) is 0 Å². The Bertz CT molecular complexity index is 699. The van der Waals surface area contributed by atoms with Gasteiger partial charge in [-0.1, -0.05) is 18.9 Å². The number of aromatic nitrogens is 3. The summed E-state index contributed by atoms with van der Waals surface area (Å²) in [5.41, 5.74) is 1.19. The third kappa shape index (κ3) is 3.98. The monoisotopic (exact) mass is 327 g/mol. The van der Waals surface area contributed by atoms with Crippen molar-refractivity contribution >= 4 is 23.4 Å². The van der Waals surface area contributed by atoms with Crippen LogP contribution in [0, 0.1) is 0 Å². The normalized spacial score (nSPS) is 14.8. The molecule has 0 atom stereocenters. The van der Waals surface area contributed by atoms with Gasteiger partial charge in [0, 0.05) is 18.8 Å². The van der Waals surface area contributed by atoms with Crippen molar-refractivity contribution in [2.24, 2.45) is 0 Å². The lowest BCUT2D eigenvalue weighted by molar-refractivity contribution is 0.0601. The summed E-state index contributed by atoms with van der Waals surface area (Å²) in [6, 6.07) is 7.02. The number of nitrogens with one attached hydrogen (secondary N) is 1. The molecule has 1 aliphatic rings. The van der Waals surface area contributed by atoms with Crippen LogP contribution in [0.4, 0.5) is 17.5 Å². The van der Waals surface area contributed by atoms with E-state index in [2.05, 4.69) is 25.4 Å². The quantitative estimate of drug-likeness (QED) is 0.865. The summed E-state index contributed by atoms with van der Waals surface area (Å²) in [5.74, 6) is 0.869. The van der Waals surface area contributed by atoms with E-state index in [4.69, 9.17) is 4.74 Å². The van der Waals surface area contributed by atoms with Gasteiger partial charge < -0.3 is 15.0 Å². The number of rotatable bonds is 4. The predicted octanol–water partition coefficient (Wildman–Crippen LogP) is 2.78. The van der Waals surface area contributed by atoms with Gasteiger partial charge in [0.2, 0.25) is 5.95 Å². The molecule has 1 N–H and O–H groups in total. The van der Waals surface area contributed by atoms with Crippen LogP contribution in [0.2, 0.25) is 0 Å². The second kappa shape index (κ2) is 7.72. The Morgan fingerprint density at radius 3 is 2.75 bits per heavy atom. The number of hydrogen-bond acceptors (Lipinski definition) is 7. The fourth-order valence-corrected chi connectivity index (χ4v) is 2.77. The van der Waals surface area contributed by atoms with Gasteiger partial charge in [0.05, 0.1) is 18.9 Å². The van der Waals surface area contributed by atoms with E-state index < -0.39 is 0 Å². The highest BCUT2D eigenvalue weighted by Crippen LogP contribution is 2.19. The minimum atomic E-state index is -0.379. The molecule has 0 saturated carbocycles. The SMILES string of the molecule is COC(=O)c1cccc(Nc2nncc(N3CCCCCC3)n2)c1. The van der Waals surface area contributed by atoms with E-state index in [9.17, 15) is 4.79 Å². The standard InChI is InChI=1S/C17H21N5O2/c1-24-16(23)13-7-6-8-14(11-13)19-17-20-15(12-18-21-17)22-9-4-2-3-5-10-22/h6-8,11-12H,2-5,9-10H2,1H3,(H,19,20,21). The van der Waals surface area contributed by atoms with Crippen LogP contribution in [-0.4, -0.2) is 41.3 Å². The molecule has 7 nitrogen and oxygen atoms in total. The second-order valence-corrected chi connectivity index (χ2v) is 5.74. The zero-order valence-electron chi connectivity index (χ0n) is 13.7. The third-order valence-electron chi connectivity index (χ3n) is 4.02. The smallest absolute Gasteiger partial charge is 0.337 e. The third-order valence-corrected chi connectivity index (χ3v) is 4.02. The first-order valence-corrected chi connectivity index (χ1v) is 8.16. The highest BCUT2D eigenvalue weighted by molar-refractivity contribution is 5.90. The van der Waals surface area contributed by atoms with Gasteiger partial charge in [-0.05, 0) is 31.0 Å². The number of hydrogen-bond donors (Lipinski definition) is 1. The van der Waals surface area contributed by atoms with E-state index in [-0.39, 0.29) is 5.97 Å². The maximum atomic E-state index is 11.6. The van der Waals surface area contributed by atoms with E-state index in [1.54, 1.807) is 24.4 Å². The van der Waals surface area contributed by atoms with Gasteiger partial charge in [-0.25, -0.2) is 4.79 Å². The van der Waals surface area contributed by atoms with Gasteiger partial charge in [-0.2, -0.15) is 10.1 Å². The molecule has 0 spiro atoms. The second-order valence-electron chi connectivity index (χ2n) is 5.74. The summed E-state index contributed by atoms with van der Waals surface area (Å²) in [6.45, 7) is 1.99. The summed E-state index contributed by atoms with van der Waals surface area (Å²) in [4.78, 5) is 18.4. The summed E-state index contributed by atoms with van der Waals surface area (Å²) in [7, 11) is 1.36. The van der Waals surface area contributed by atoms with Gasteiger partial charge in [-0.15, -0.1) is 5.10 Å². The van der Waals surface area contributed by atoms with E-state index >= 15 is 0 Å². The highest BCUT2D eigenvalue weighted by atomic mass is 16.5. The summed E-state index contributed by atoms with van der Waals surface area (Å²) < 4.78 is 4.73. The molecule has 0 aliphatic carbocycles. The molecule has 2 aromatic rings. The van der Waals surface area contributed by atoms with Crippen LogP contribution in [-0.2, 0) is 4.74 Å². The van der Waals surface area contributed by atoms with Crippen molar-refractivity contribution < 1.29 is 9.53 Å². The van der Waals surface area contributed by atoms with E-state index in [0.717, 1.165) is 18.9 Å². The Morgan fingerprint density at radius 1 is 1.21 bits per heavy atom. The van der Waals surface area contributed by atoms with Gasteiger partial charge in [0.25, 0.3) is 0 Å².